The summed E-state index contributed by atoms with van der Waals surface area (Å²) in [4.78, 5) is 12.8. The second-order valence-corrected chi connectivity index (χ2v) is 4.26. The molecule has 0 aromatic rings. The molecule has 0 saturated carbocycles. The van der Waals surface area contributed by atoms with Gasteiger partial charge >= 0.3 is 0 Å². The molecule has 0 N–H and O–H groups in total. The Morgan fingerprint density at radius 2 is 1.93 bits per heavy atom. The van der Waals surface area contributed by atoms with Crippen molar-refractivity contribution in [3.8, 4) is 0 Å². The minimum absolute atomic E-state index is 0.797. The van der Waals surface area contributed by atoms with Gasteiger partial charge in [-0.15, -0.1) is 0 Å². The fourth-order valence-electron chi connectivity index (χ4n) is 2.13. The van der Waals surface area contributed by atoms with Crippen molar-refractivity contribution in [2.75, 3.05) is 13.1 Å². The van der Waals surface area contributed by atoms with E-state index in [1.807, 2.05) is 12.0 Å². The van der Waals surface area contributed by atoms with Gasteiger partial charge < -0.3 is 4.90 Å². The van der Waals surface area contributed by atoms with Crippen LogP contribution in [-0.2, 0) is 4.79 Å². The molecule has 0 spiro atoms. The Kier molecular flexibility index (Phi) is 3.41. The Hall–Kier alpha value is -1.27. The lowest BCUT2D eigenvalue weighted by Crippen LogP contribution is -2.24. The summed E-state index contributed by atoms with van der Waals surface area (Å²) in [5, 5.41) is 0. The van der Waals surface area contributed by atoms with Gasteiger partial charge in [-0.05, 0) is 43.8 Å². The molecule has 0 bridgehead atoms. The Morgan fingerprint density at radius 1 is 1.13 bits per heavy atom. The fourth-order valence-corrected chi connectivity index (χ4v) is 2.13. The van der Waals surface area contributed by atoms with Crippen molar-refractivity contribution in [3.05, 3.63) is 29.5 Å². The molecule has 1 heterocycles. The SMILES string of the molecule is O=C=C1C=C/C(=C/N2CCCCC2)CC1. The van der Waals surface area contributed by atoms with Crippen LogP contribution in [0.1, 0.15) is 32.1 Å². The van der Waals surface area contributed by atoms with Crippen LogP contribution in [0.5, 0.6) is 0 Å². The fraction of sp³-hybridized carbons (Fsp3) is 0.538. The highest BCUT2D eigenvalue weighted by Gasteiger charge is 2.09. The zero-order chi connectivity index (χ0) is 10.5. The lowest BCUT2D eigenvalue weighted by molar-refractivity contribution is 0.307. The predicted octanol–water partition coefficient (Wildman–Crippen LogP) is 2.46. The third kappa shape index (κ3) is 2.84. The standard InChI is InChI=1S/C13H17NO/c15-11-13-6-4-12(5-7-13)10-14-8-2-1-3-9-14/h4,6,10H,1-3,5,7-9H2/b12-10-. The lowest BCUT2D eigenvalue weighted by Gasteiger charge is -2.26. The van der Waals surface area contributed by atoms with Gasteiger partial charge in [0.05, 0.1) is 0 Å². The van der Waals surface area contributed by atoms with Gasteiger partial charge in [0.2, 0.25) is 0 Å². The van der Waals surface area contributed by atoms with Crippen molar-refractivity contribution < 1.29 is 4.79 Å². The van der Waals surface area contributed by atoms with Gasteiger partial charge in [0.15, 0.2) is 0 Å². The number of hydrogen-bond donors (Lipinski definition) is 0. The minimum atomic E-state index is 0.797. The van der Waals surface area contributed by atoms with Crippen LogP contribution in [0.3, 0.4) is 0 Å². The first kappa shape index (κ1) is 10.3. The summed E-state index contributed by atoms with van der Waals surface area (Å²) in [5.74, 6) is 1.97. The molecule has 0 atom stereocenters. The van der Waals surface area contributed by atoms with Crippen molar-refractivity contribution in [1.29, 1.82) is 0 Å². The number of rotatable bonds is 1. The molecule has 1 fully saturated rings. The predicted molar refractivity (Wildman–Crippen MR) is 61.1 cm³/mol. The Morgan fingerprint density at radius 3 is 2.53 bits per heavy atom. The van der Waals surface area contributed by atoms with Gasteiger partial charge in [0.1, 0.15) is 5.94 Å². The quantitative estimate of drug-likeness (QED) is 0.610. The summed E-state index contributed by atoms with van der Waals surface area (Å²) in [6.07, 6.45) is 12.0. The van der Waals surface area contributed by atoms with Crippen LogP contribution in [0.4, 0.5) is 0 Å². The van der Waals surface area contributed by atoms with E-state index in [-0.39, 0.29) is 0 Å². The summed E-state index contributed by atoms with van der Waals surface area (Å²) in [6.45, 7) is 2.38. The molecule has 2 aliphatic rings. The van der Waals surface area contributed by atoms with Gasteiger partial charge in [-0.3, -0.25) is 0 Å². The minimum Gasteiger partial charge on any atom is -0.377 e. The van der Waals surface area contributed by atoms with E-state index in [1.165, 1.54) is 37.9 Å². The van der Waals surface area contributed by atoms with Crippen LogP contribution in [-0.4, -0.2) is 23.9 Å². The number of carbonyl (C=O) groups excluding carboxylic acids is 1. The highest BCUT2D eigenvalue weighted by Crippen LogP contribution is 2.20. The first-order valence-corrected chi connectivity index (χ1v) is 5.75. The molecule has 1 saturated heterocycles. The number of allylic oxidation sites excluding steroid dienone is 4. The van der Waals surface area contributed by atoms with Crippen LogP contribution >= 0.6 is 0 Å². The third-order valence-corrected chi connectivity index (χ3v) is 3.05. The molecule has 2 rings (SSSR count). The van der Waals surface area contributed by atoms with E-state index in [1.54, 1.807) is 0 Å². The van der Waals surface area contributed by atoms with Crippen molar-refractivity contribution in [1.82, 2.24) is 4.90 Å². The highest BCUT2D eigenvalue weighted by molar-refractivity contribution is 5.59. The average molecular weight is 203 g/mol. The van der Waals surface area contributed by atoms with E-state index in [4.69, 9.17) is 0 Å². The number of nitrogens with zero attached hydrogens (tertiary/aromatic N) is 1. The maximum atomic E-state index is 10.4. The van der Waals surface area contributed by atoms with E-state index in [0.717, 1.165) is 18.4 Å². The molecule has 80 valence electrons. The Labute approximate surface area is 91.0 Å². The molecule has 0 radical (unpaired) electrons. The van der Waals surface area contributed by atoms with Gasteiger partial charge in [0, 0.05) is 24.9 Å². The van der Waals surface area contributed by atoms with Crippen LogP contribution < -0.4 is 0 Å². The smallest absolute Gasteiger partial charge is 0.127 e. The van der Waals surface area contributed by atoms with Crippen molar-refractivity contribution in [2.24, 2.45) is 0 Å². The Bertz CT molecular complexity index is 328. The van der Waals surface area contributed by atoms with Gasteiger partial charge in [-0.1, -0.05) is 6.08 Å². The maximum absolute atomic E-state index is 10.4. The second-order valence-electron chi connectivity index (χ2n) is 4.26. The van der Waals surface area contributed by atoms with Crippen LogP contribution in [0, 0.1) is 0 Å². The summed E-state index contributed by atoms with van der Waals surface area (Å²) >= 11 is 0. The first-order chi connectivity index (χ1) is 7.38. The third-order valence-electron chi connectivity index (χ3n) is 3.05. The highest BCUT2D eigenvalue weighted by atomic mass is 16.1. The van der Waals surface area contributed by atoms with E-state index in [0.29, 0.717) is 0 Å². The maximum Gasteiger partial charge on any atom is 0.127 e. The van der Waals surface area contributed by atoms with Crippen LogP contribution in [0.15, 0.2) is 29.5 Å². The Balaban J connectivity index is 1.99. The summed E-state index contributed by atoms with van der Waals surface area (Å²) in [5.41, 5.74) is 2.14. The molecule has 0 aromatic carbocycles. The molecule has 0 aromatic heterocycles. The van der Waals surface area contributed by atoms with E-state index in [9.17, 15) is 4.79 Å². The molecule has 0 unspecified atom stereocenters. The number of piperidine rings is 1. The van der Waals surface area contributed by atoms with E-state index >= 15 is 0 Å². The normalized spacial score (nSPS) is 24.4. The van der Waals surface area contributed by atoms with Crippen LogP contribution in [0.25, 0.3) is 0 Å². The molecule has 1 aliphatic carbocycles. The largest absolute Gasteiger partial charge is 0.377 e. The lowest BCUT2D eigenvalue weighted by atomic mass is 9.99. The molecule has 0 amide bonds. The van der Waals surface area contributed by atoms with E-state index < -0.39 is 0 Å². The van der Waals surface area contributed by atoms with Crippen LogP contribution in [0.2, 0.25) is 0 Å². The molecule has 2 heteroatoms. The van der Waals surface area contributed by atoms with Gasteiger partial charge in [-0.2, -0.15) is 0 Å². The van der Waals surface area contributed by atoms with Gasteiger partial charge in [0.25, 0.3) is 0 Å². The average Bonchev–Trinajstić information content (AvgIpc) is 2.31. The topological polar surface area (TPSA) is 20.3 Å². The van der Waals surface area contributed by atoms with E-state index in [2.05, 4.69) is 17.2 Å². The molecule has 2 nitrogen and oxygen atoms in total. The number of likely N-dealkylation sites (tertiary alicyclic amines) is 1. The summed E-state index contributed by atoms with van der Waals surface area (Å²) in [7, 11) is 0. The molecule has 1 aliphatic heterocycles. The zero-order valence-corrected chi connectivity index (χ0v) is 9.04. The molecular formula is C13H17NO. The second kappa shape index (κ2) is 4.99. The zero-order valence-electron chi connectivity index (χ0n) is 9.04. The number of hydrogen-bond acceptors (Lipinski definition) is 2. The summed E-state index contributed by atoms with van der Waals surface area (Å²) in [6, 6.07) is 0. The van der Waals surface area contributed by atoms with Crippen molar-refractivity contribution in [3.63, 3.8) is 0 Å². The molecular weight excluding hydrogens is 186 g/mol. The molecule has 15 heavy (non-hydrogen) atoms. The first-order valence-electron chi connectivity index (χ1n) is 5.75. The van der Waals surface area contributed by atoms with Gasteiger partial charge in [-0.25, -0.2) is 4.79 Å². The monoisotopic (exact) mass is 203 g/mol. The summed E-state index contributed by atoms with van der Waals surface area (Å²) < 4.78 is 0. The van der Waals surface area contributed by atoms with Crippen molar-refractivity contribution in [2.45, 2.75) is 32.1 Å². The van der Waals surface area contributed by atoms with Crippen molar-refractivity contribution >= 4 is 5.94 Å².